The molecule has 0 saturated heterocycles. The molecule has 0 aliphatic rings. The molecule has 0 heterocycles. The average molecular weight is 325 g/mol. The fourth-order valence-corrected chi connectivity index (χ4v) is 2.76. The second-order valence-corrected chi connectivity index (χ2v) is 5.72. The van der Waals surface area contributed by atoms with Crippen LogP contribution in [0.5, 0.6) is 0 Å². The van der Waals surface area contributed by atoms with E-state index in [2.05, 4.69) is 30.3 Å². The molecule has 0 unspecified atom stereocenters. The largest absolute Gasteiger partial charge is 0.0827 e. The van der Waals surface area contributed by atoms with Crippen LogP contribution in [0.15, 0.2) is 78.9 Å². The Kier molecular flexibility index (Phi) is 4.62. The van der Waals surface area contributed by atoms with Gasteiger partial charge in [-0.25, -0.2) is 0 Å². The molecule has 2 heteroatoms. The van der Waals surface area contributed by atoms with Crippen molar-refractivity contribution in [2.24, 2.45) is 0 Å². The van der Waals surface area contributed by atoms with Gasteiger partial charge >= 0.3 is 0 Å². The van der Waals surface area contributed by atoms with E-state index in [1.54, 1.807) is 6.07 Å². The monoisotopic (exact) mass is 324 g/mol. The molecule has 0 aliphatic heterocycles. The van der Waals surface area contributed by atoms with Crippen LogP contribution >= 0.6 is 23.2 Å². The number of hydrogen-bond acceptors (Lipinski definition) is 0. The van der Waals surface area contributed by atoms with Crippen LogP contribution in [0, 0.1) is 0 Å². The highest BCUT2D eigenvalue weighted by atomic mass is 35.5. The van der Waals surface area contributed by atoms with Crippen LogP contribution < -0.4 is 0 Å². The third-order valence-electron chi connectivity index (χ3n) is 3.44. The summed E-state index contributed by atoms with van der Waals surface area (Å²) in [6.45, 7) is 0. The quantitative estimate of drug-likeness (QED) is 0.477. The Morgan fingerprint density at radius 2 is 1.32 bits per heavy atom. The Morgan fingerprint density at radius 3 is 2.00 bits per heavy atom. The Hall–Kier alpha value is -2.02. The van der Waals surface area contributed by atoms with Gasteiger partial charge in [-0.3, -0.25) is 0 Å². The highest BCUT2D eigenvalue weighted by Crippen LogP contribution is 2.35. The maximum atomic E-state index is 6.43. The van der Waals surface area contributed by atoms with Crippen LogP contribution in [0.3, 0.4) is 0 Å². The molecule has 0 aromatic heterocycles. The minimum atomic E-state index is 0.564. The van der Waals surface area contributed by atoms with E-state index in [1.807, 2.05) is 48.5 Å². The molecule has 0 spiro atoms. The van der Waals surface area contributed by atoms with Gasteiger partial charge in [0.25, 0.3) is 0 Å². The summed E-state index contributed by atoms with van der Waals surface area (Å²) in [5.41, 5.74) is 4.22. The third-order valence-corrected chi connectivity index (χ3v) is 4.26. The summed E-state index contributed by atoms with van der Waals surface area (Å²) in [6, 6.07) is 26.1. The minimum absolute atomic E-state index is 0.564. The fraction of sp³-hybridized carbons (Fsp3) is 0. The molecule has 0 bridgehead atoms. The molecule has 0 radical (unpaired) electrons. The smallest absolute Gasteiger partial charge is 0.0670 e. The molecule has 108 valence electrons. The van der Waals surface area contributed by atoms with Crippen molar-refractivity contribution < 1.29 is 0 Å². The summed E-state index contributed by atoms with van der Waals surface area (Å²) < 4.78 is 0. The number of hydrogen-bond donors (Lipinski definition) is 0. The second kappa shape index (κ2) is 6.83. The highest BCUT2D eigenvalue weighted by Gasteiger charge is 2.11. The van der Waals surface area contributed by atoms with Gasteiger partial charge in [0.15, 0.2) is 0 Å². The molecule has 22 heavy (non-hydrogen) atoms. The first-order chi connectivity index (χ1) is 10.8. The lowest BCUT2D eigenvalue weighted by Gasteiger charge is -2.12. The van der Waals surface area contributed by atoms with Gasteiger partial charge in [-0.15, -0.1) is 0 Å². The van der Waals surface area contributed by atoms with E-state index >= 15 is 0 Å². The molecule has 3 aromatic rings. The van der Waals surface area contributed by atoms with Crippen molar-refractivity contribution in [2.75, 3.05) is 0 Å². The fourth-order valence-electron chi connectivity index (χ4n) is 2.36. The lowest BCUT2D eigenvalue weighted by atomic mass is 9.95. The summed E-state index contributed by atoms with van der Waals surface area (Å²) in [5.74, 6) is 0. The van der Waals surface area contributed by atoms with Crippen molar-refractivity contribution in [3.63, 3.8) is 0 Å². The Balaban J connectivity index is 2.20. The minimum Gasteiger partial charge on any atom is -0.0827 e. The number of rotatable bonds is 3. The van der Waals surface area contributed by atoms with Crippen molar-refractivity contribution in [2.45, 2.75) is 0 Å². The maximum Gasteiger partial charge on any atom is 0.0670 e. The lowest BCUT2D eigenvalue weighted by Crippen LogP contribution is -1.90. The Bertz CT molecular complexity index is 790. The molecule has 0 aliphatic carbocycles. The van der Waals surface area contributed by atoms with E-state index in [9.17, 15) is 0 Å². The molecule has 0 saturated carbocycles. The molecule has 3 aromatic carbocycles. The number of halogens is 2. The van der Waals surface area contributed by atoms with Gasteiger partial charge in [0, 0.05) is 5.56 Å². The molecular formula is C20H14Cl2. The first-order valence-corrected chi connectivity index (χ1v) is 7.78. The molecule has 0 fully saturated rings. The number of benzene rings is 3. The zero-order valence-corrected chi connectivity index (χ0v) is 13.4. The molecule has 0 amide bonds. The van der Waals surface area contributed by atoms with E-state index in [0.717, 1.165) is 22.3 Å². The Labute approximate surface area is 140 Å². The van der Waals surface area contributed by atoms with Gasteiger partial charge in [0.05, 0.1) is 10.0 Å². The summed E-state index contributed by atoms with van der Waals surface area (Å²) >= 11 is 12.6. The highest BCUT2D eigenvalue weighted by molar-refractivity contribution is 6.43. The van der Waals surface area contributed by atoms with Gasteiger partial charge in [-0.05, 0) is 28.8 Å². The van der Waals surface area contributed by atoms with Gasteiger partial charge in [-0.2, -0.15) is 0 Å². The molecule has 0 nitrogen and oxygen atoms in total. The van der Waals surface area contributed by atoms with Crippen LogP contribution in [-0.2, 0) is 0 Å². The summed E-state index contributed by atoms with van der Waals surface area (Å²) in [4.78, 5) is 0. The average Bonchev–Trinajstić information content (AvgIpc) is 2.57. The zero-order valence-electron chi connectivity index (χ0n) is 11.8. The van der Waals surface area contributed by atoms with E-state index in [4.69, 9.17) is 23.2 Å². The second-order valence-electron chi connectivity index (χ2n) is 4.94. The molecule has 0 N–H and O–H groups in total. The van der Waals surface area contributed by atoms with Crippen LogP contribution in [-0.4, -0.2) is 0 Å². The molecule has 3 rings (SSSR count). The van der Waals surface area contributed by atoms with Crippen molar-refractivity contribution >= 4 is 34.9 Å². The molecular weight excluding hydrogens is 311 g/mol. The summed E-state index contributed by atoms with van der Waals surface area (Å²) in [5, 5.41) is 1.14. The SMILES string of the molecule is Clc1cccc(C(=Cc2ccccc2)c2ccccc2)c1Cl. The van der Waals surface area contributed by atoms with Crippen LogP contribution in [0.4, 0.5) is 0 Å². The zero-order chi connectivity index (χ0) is 15.4. The predicted molar refractivity (Wildman–Crippen MR) is 96.3 cm³/mol. The topological polar surface area (TPSA) is 0 Å². The van der Waals surface area contributed by atoms with Crippen LogP contribution in [0.1, 0.15) is 16.7 Å². The van der Waals surface area contributed by atoms with E-state index in [1.165, 1.54) is 0 Å². The van der Waals surface area contributed by atoms with E-state index in [-0.39, 0.29) is 0 Å². The summed E-state index contributed by atoms with van der Waals surface area (Å²) in [6.07, 6.45) is 2.13. The van der Waals surface area contributed by atoms with Gasteiger partial charge in [-0.1, -0.05) is 96.0 Å². The Morgan fingerprint density at radius 1 is 0.682 bits per heavy atom. The standard InChI is InChI=1S/C20H14Cl2/c21-19-13-7-12-17(20(19)22)18(16-10-5-2-6-11-16)14-15-8-3-1-4-9-15/h1-14H. The summed E-state index contributed by atoms with van der Waals surface area (Å²) in [7, 11) is 0. The first kappa shape index (κ1) is 14.9. The van der Waals surface area contributed by atoms with Crippen molar-refractivity contribution in [3.05, 3.63) is 106 Å². The van der Waals surface area contributed by atoms with Gasteiger partial charge < -0.3 is 0 Å². The van der Waals surface area contributed by atoms with Gasteiger partial charge in [0.1, 0.15) is 0 Å². The first-order valence-electron chi connectivity index (χ1n) is 7.02. The normalized spacial score (nSPS) is 11.5. The van der Waals surface area contributed by atoms with Crippen molar-refractivity contribution in [1.82, 2.24) is 0 Å². The van der Waals surface area contributed by atoms with E-state index in [0.29, 0.717) is 10.0 Å². The predicted octanol–water partition coefficient (Wildman–Crippen LogP) is 6.58. The van der Waals surface area contributed by atoms with Crippen LogP contribution in [0.2, 0.25) is 10.0 Å². The maximum absolute atomic E-state index is 6.43. The molecule has 0 atom stereocenters. The lowest BCUT2D eigenvalue weighted by molar-refractivity contribution is 1.55. The van der Waals surface area contributed by atoms with E-state index < -0.39 is 0 Å². The van der Waals surface area contributed by atoms with Crippen molar-refractivity contribution in [3.8, 4) is 0 Å². The van der Waals surface area contributed by atoms with Crippen molar-refractivity contribution in [1.29, 1.82) is 0 Å². The van der Waals surface area contributed by atoms with Gasteiger partial charge in [0.2, 0.25) is 0 Å². The van der Waals surface area contributed by atoms with Crippen LogP contribution in [0.25, 0.3) is 11.6 Å². The third kappa shape index (κ3) is 3.24.